The van der Waals surface area contributed by atoms with Gasteiger partial charge in [0, 0.05) is 30.2 Å². The van der Waals surface area contributed by atoms with E-state index in [1.165, 1.54) is 48.8 Å². The number of rotatable bonds is 6. The second-order valence-electron chi connectivity index (χ2n) is 6.26. The Balaban J connectivity index is 1.43. The maximum Gasteiger partial charge on any atom is 0.234 e. The van der Waals surface area contributed by atoms with Gasteiger partial charge in [-0.1, -0.05) is 12.1 Å². The van der Waals surface area contributed by atoms with E-state index in [4.69, 9.17) is 0 Å². The molecule has 3 nitrogen and oxygen atoms in total. The average molecular weight is 358 g/mol. The molecule has 0 unspecified atom stereocenters. The molecular weight excluding hydrogens is 335 g/mol. The van der Waals surface area contributed by atoms with Gasteiger partial charge >= 0.3 is 0 Å². The summed E-state index contributed by atoms with van der Waals surface area (Å²) in [6, 6.07) is 14.5. The second-order valence-corrected chi connectivity index (χ2v) is 7.25. The molecule has 2 aromatic carbocycles. The van der Waals surface area contributed by atoms with Crippen molar-refractivity contribution in [2.45, 2.75) is 25.0 Å². The number of hydrogen-bond acceptors (Lipinski definition) is 3. The third-order valence-corrected chi connectivity index (χ3v) is 5.29. The molecule has 1 saturated heterocycles. The van der Waals surface area contributed by atoms with Gasteiger partial charge in [0.1, 0.15) is 5.82 Å². The summed E-state index contributed by atoms with van der Waals surface area (Å²) >= 11 is 1.52. The number of carbonyl (C=O) groups is 1. The minimum Gasteiger partial charge on any atom is -0.372 e. The highest BCUT2D eigenvalue weighted by Crippen LogP contribution is 2.22. The first-order valence-corrected chi connectivity index (χ1v) is 9.83. The Kier molecular flexibility index (Phi) is 6.34. The van der Waals surface area contributed by atoms with Crippen LogP contribution in [0.2, 0.25) is 0 Å². The molecule has 1 fully saturated rings. The molecule has 0 bridgehead atoms. The molecule has 0 aromatic heterocycles. The maximum absolute atomic E-state index is 12.9. The summed E-state index contributed by atoms with van der Waals surface area (Å²) in [4.78, 5) is 14.4. The average Bonchev–Trinajstić information content (AvgIpc) is 2.65. The Morgan fingerprint density at radius 3 is 2.36 bits per heavy atom. The largest absolute Gasteiger partial charge is 0.372 e. The van der Waals surface area contributed by atoms with E-state index in [2.05, 4.69) is 22.3 Å². The van der Waals surface area contributed by atoms with Crippen molar-refractivity contribution < 1.29 is 9.18 Å². The van der Waals surface area contributed by atoms with Gasteiger partial charge in [0.25, 0.3) is 0 Å². The van der Waals surface area contributed by atoms with Gasteiger partial charge in [-0.3, -0.25) is 4.79 Å². The molecule has 5 heteroatoms. The highest BCUT2D eigenvalue weighted by atomic mass is 32.2. The molecule has 25 heavy (non-hydrogen) atoms. The van der Waals surface area contributed by atoms with Crippen LogP contribution in [0.5, 0.6) is 0 Å². The first-order chi connectivity index (χ1) is 12.2. The quantitative estimate of drug-likeness (QED) is 0.813. The maximum atomic E-state index is 12.9. The topological polar surface area (TPSA) is 32.3 Å². The third-order valence-electron chi connectivity index (χ3n) is 4.29. The van der Waals surface area contributed by atoms with E-state index < -0.39 is 0 Å². The zero-order valence-electron chi connectivity index (χ0n) is 14.2. The van der Waals surface area contributed by atoms with E-state index >= 15 is 0 Å². The fraction of sp³-hybridized carbons (Fsp3) is 0.350. The van der Waals surface area contributed by atoms with Crippen molar-refractivity contribution in [3.63, 3.8) is 0 Å². The lowest BCUT2D eigenvalue weighted by atomic mass is 10.1. The van der Waals surface area contributed by atoms with E-state index in [9.17, 15) is 9.18 Å². The van der Waals surface area contributed by atoms with Crippen LogP contribution in [0.3, 0.4) is 0 Å². The van der Waals surface area contributed by atoms with Crippen LogP contribution in [-0.4, -0.2) is 24.7 Å². The second kappa shape index (κ2) is 8.90. The van der Waals surface area contributed by atoms with E-state index in [1.54, 1.807) is 12.1 Å². The molecule has 1 amide bonds. The summed E-state index contributed by atoms with van der Waals surface area (Å²) in [5.74, 6) is 0.824. The summed E-state index contributed by atoms with van der Waals surface area (Å²) < 4.78 is 12.9. The van der Waals surface area contributed by atoms with Crippen LogP contribution >= 0.6 is 11.8 Å². The van der Waals surface area contributed by atoms with Gasteiger partial charge in [-0.15, -0.1) is 11.8 Å². The first kappa shape index (κ1) is 17.8. The highest BCUT2D eigenvalue weighted by molar-refractivity contribution is 7.99. The number of amides is 1. The van der Waals surface area contributed by atoms with Crippen LogP contribution in [0.15, 0.2) is 48.5 Å². The fourth-order valence-corrected chi connectivity index (χ4v) is 3.73. The summed E-state index contributed by atoms with van der Waals surface area (Å²) in [6.07, 6.45) is 3.83. The highest BCUT2D eigenvalue weighted by Gasteiger charge is 2.11. The van der Waals surface area contributed by atoms with E-state index in [1.807, 2.05) is 12.1 Å². The lowest BCUT2D eigenvalue weighted by Crippen LogP contribution is -2.29. The molecule has 0 aliphatic carbocycles. The monoisotopic (exact) mass is 358 g/mol. The molecule has 0 saturated carbocycles. The Hall–Kier alpha value is -2.01. The third kappa shape index (κ3) is 5.49. The van der Waals surface area contributed by atoms with Gasteiger partial charge in [-0.2, -0.15) is 0 Å². The molecule has 2 aromatic rings. The van der Waals surface area contributed by atoms with Crippen molar-refractivity contribution in [2.24, 2.45) is 0 Å². The van der Waals surface area contributed by atoms with Gasteiger partial charge in [-0.25, -0.2) is 4.39 Å². The molecule has 132 valence electrons. The van der Waals surface area contributed by atoms with Gasteiger partial charge in [0.2, 0.25) is 5.91 Å². The van der Waals surface area contributed by atoms with Gasteiger partial charge in [0.05, 0.1) is 5.75 Å². The van der Waals surface area contributed by atoms with Gasteiger partial charge in [0.15, 0.2) is 0 Å². The predicted octanol–water partition coefficient (Wildman–Crippen LogP) is 4.69. The minimum atomic E-state index is -0.237. The number of nitrogens with one attached hydrogen (secondary N) is 1. The van der Waals surface area contributed by atoms with Crippen molar-refractivity contribution in [3.8, 4) is 0 Å². The van der Waals surface area contributed by atoms with Crippen LogP contribution in [0, 0.1) is 5.82 Å². The van der Waals surface area contributed by atoms with Crippen molar-refractivity contribution in [1.82, 2.24) is 0 Å². The molecule has 0 radical (unpaired) electrons. The van der Waals surface area contributed by atoms with Crippen LogP contribution in [0.4, 0.5) is 15.8 Å². The van der Waals surface area contributed by atoms with Crippen molar-refractivity contribution in [1.29, 1.82) is 0 Å². The minimum absolute atomic E-state index is 0.0159. The number of thioether (sulfide) groups is 1. The number of carbonyl (C=O) groups excluding carboxylic acids is 1. The lowest BCUT2D eigenvalue weighted by molar-refractivity contribution is -0.113. The molecule has 0 spiro atoms. The molecule has 1 N–H and O–H groups in total. The molecule has 3 rings (SSSR count). The van der Waals surface area contributed by atoms with Crippen LogP contribution in [0.25, 0.3) is 0 Å². The SMILES string of the molecule is O=C(CSCc1ccc(F)cc1)Nc1ccc(N2CCCCC2)cc1. The van der Waals surface area contributed by atoms with Crippen LogP contribution in [0.1, 0.15) is 24.8 Å². The molecule has 0 atom stereocenters. The normalized spacial score (nSPS) is 14.4. The first-order valence-electron chi connectivity index (χ1n) is 8.68. The molecular formula is C20H23FN2OS. The summed E-state index contributed by atoms with van der Waals surface area (Å²) in [7, 11) is 0. The van der Waals surface area contributed by atoms with Crippen molar-refractivity contribution >= 4 is 29.0 Å². The zero-order valence-corrected chi connectivity index (χ0v) is 15.0. The van der Waals surface area contributed by atoms with E-state index in [0.29, 0.717) is 11.5 Å². The molecule has 1 heterocycles. The number of nitrogens with zero attached hydrogens (tertiary/aromatic N) is 1. The number of anilines is 2. The Morgan fingerprint density at radius 2 is 1.68 bits per heavy atom. The fourth-order valence-electron chi connectivity index (χ4n) is 2.95. The summed E-state index contributed by atoms with van der Waals surface area (Å²) in [5, 5.41) is 2.93. The number of halogens is 1. The number of hydrogen-bond donors (Lipinski definition) is 1. The van der Waals surface area contributed by atoms with Crippen LogP contribution < -0.4 is 10.2 Å². The Labute approximate surface area is 152 Å². The van der Waals surface area contributed by atoms with E-state index in [-0.39, 0.29) is 11.7 Å². The predicted molar refractivity (Wildman–Crippen MR) is 104 cm³/mol. The zero-order chi connectivity index (χ0) is 17.5. The Morgan fingerprint density at radius 1 is 1.00 bits per heavy atom. The standard InChI is InChI=1S/C20H23FN2OS/c21-17-6-4-16(5-7-17)14-25-15-20(24)22-18-8-10-19(11-9-18)23-12-2-1-3-13-23/h4-11H,1-3,12-15H2,(H,22,24). The van der Waals surface area contributed by atoms with Crippen LogP contribution in [-0.2, 0) is 10.5 Å². The molecule has 1 aliphatic heterocycles. The Bertz CT molecular complexity index is 682. The van der Waals surface area contributed by atoms with Gasteiger partial charge in [-0.05, 0) is 61.2 Å². The molecule has 1 aliphatic rings. The number of benzene rings is 2. The smallest absolute Gasteiger partial charge is 0.234 e. The van der Waals surface area contributed by atoms with Crippen molar-refractivity contribution in [2.75, 3.05) is 29.1 Å². The summed E-state index contributed by atoms with van der Waals surface area (Å²) in [5.41, 5.74) is 3.07. The van der Waals surface area contributed by atoms with E-state index in [0.717, 1.165) is 24.3 Å². The summed E-state index contributed by atoms with van der Waals surface area (Å²) in [6.45, 7) is 2.23. The van der Waals surface area contributed by atoms with Gasteiger partial charge < -0.3 is 10.2 Å². The number of piperidine rings is 1. The van der Waals surface area contributed by atoms with Crippen molar-refractivity contribution in [3.05, 3.63) is 59.9 Å². The lowest BCUT2D eigenvalue weighted by Gasteiger charge is -2.28.